The fourth-order valence-corrected chi connectivity index (χ4v) is 1.60. The monoisotopic (exact) mass is 234 g/mol. The molecule has 0 aliphatic heterocycles. The number of hydrogen-bond donors (Lipinski definition) is 2. The number of hydrogen-bond acceptors (Lipinski definition) is 4. The number of nitrogens with one attached hydrogen (secondary N) is 1. The van der Waals surface area contributed by atoms with E-state index in [2.05, 4.69) is 15.4 Å². The average Bonchev–Trinajstić information content (AvgIpc) is 2.72. The number of aromatic nitrogens is 3. The van der Waals surface area contributed by atoms with Crippen LogP contribution < -0.4 is 5.32 Å². The maximum atomic E-state index is 9.08. The molecule has 0 amide bonds. The van der Waals surface area contributed by atoms with Gasteiger partial charge in [0.1, 0.15) is 0 Å². The molecule has 0 spiro atoms. The third kappa shape index (κ3) is 2.39. The summed E-state index contributed by atoms with van der Waals surface area (Å²) in [5, 5.41) is 16.7. The Bertz CT molecular complexity index is 508. The van der Waals surface area contributed by atoms with Crippen molar-refractivity contribution in [2.24, 2.45) is 5.92 Å². The Balaban J connectivity index is 2.23. The highest BCUT2D eigenvalue weighted by atomic mass is 16.3. The molecule has 2 rings (SSSR count). The Hall–Kier alpha value is -1.62. The standard InChI is InChI=1S/C12H18N4O/c1-8(7-17)10(3)13-12-14-11-6-4-5-9(2)16(11)15-12/h4-6,8,10,17H,7H2,1-3H3,(H,13,15). The zero-order valence-corrected chi connectivity index (χ0v) is 10.4. The molecule has 17 heavy (non-hydrogen) atoms. The molecule has 5 heteroatoms. The zero-order chi connectivity index (χ0) is 12.4. The third-order valence-corrected chi connectivity index (χ3v) is 3.05. The molecule has 2 unspecified atom stereocenters. The van der Waals surface area contributed by atoms with Crippen molar-refractivity contribution in [3.63, 3.8) is 0 Å². The van der Waals surface area contributed by atoms with Crippen LogP contribution in [0.15, 0.2) is 18.2 Å². The third-order valence-electron chi connectivity index (χ3n) is 3.05. The Kier molecular flexibility index (Phi) is 3.28. The molecule has 0 aromatic carbocycles. The summed E-state index contributed by atoms with van der Waals surface area (Å²) < 4.78 is 1.80. The van der Waals surface area contributed by atoms with Gasteiger partial charge in [0.15, 0.2) is 5.65 Å². The highest BCUT2D eigenvalue weighted by molar-refractivity contribution is 5.44. The molecule has 2 heterocycles. The van der Waals surface area contributed by atoms with Gasteiger partial charge >= 0.3 is 0 Å². The molecule has 2 aromatic rings. The van der Waals surface area contributed by atoms with Crippen LogP contribution in [-0.2, 0) is 0 Å². The first kappa shape index (κ1) is 11.9. The second-order valence-electron chi connectivity index (χ2n) is 4.47. The minimum Gasteiger partial charge on any atom is -0.396 e. The maximum Gasteiger partial charge on any atom is 0.243 e. The van der Waals surface area contributed by atoms with Crippen molar-refractivity contribution in [1.82, 2.24) is 14.6 Å². The topological polar surface area (TPSA) is 62.5 Å². The fraction of sp³-hybridized carbons (Fsp3) is 0.500. The summed E-state index contributed by atoms with van der Waals surface area (Å²) in [7, 11) is 0. The number of aliphatic hydroxyl groups is 1. The molecule has 5 nitrogen and oxygen atoms in total. The van der Waals surface area contributed by atoms with Crippen LogP contribution in [0.1, 0.15) is 19.5 Å². The average molecular weight is 234 g/mol. The first-order chi connectivity index (χ1) is 8.11. The van der Waals surface area contributed by atoms with E-state index in [1.54, 1.807) is 4.52 Å². The Morgan fingerprint density at radius 2 is 2.18 bits per heavy atom. The van der Waals surface area contributed by atoms with Gasteiger partial charge in [-0.05, 0) is 31.9 Å². The molecule has 2 aromatic heterocycles. The van der Waals surface area contributed by atoms with Gasteiger partial charge in [-0.15, -0.1) is 5.10 Å². The van der Waals surface area contributed by atoms with Gasteiger partial charge in [-0.2, -0.15) is 4.98 Å². The van der Waals surface area contributed by atoms with Crippen molar-refractivity contribution in [3.8, 4) is 0 Å². The summed E-state index contributed by atoms with van der Waals surface area (Å²) in [6, 6.07) is 6.01. The van der Waals surface area contributed by atoms with Gasteiger partial charge in [0.2, 0.25) is 5.95 Å². The second kappa shape index (κ2) is 4.71. The molecule has 0 bridgehead atoms. The Labute approximate surface area is 100 Å². The summed E-state index contributed by atoms with van der Waals surface area (Å²) in [5.41, 5.74) is 1.88. The normalized spacial score (nSPS) is 14.8. The highest BCUT2D eigenvalue weighted by Gasteiger charge is 2.13. The number of pyridine rings is 1. The first-order valence-electron chi connectivity index (χ1n) is 5.81. The van der Waals surface area contributed by atoms with Crippen LogP contribution in [0.2, 0.25) is 0 Å². The lowest BCUT2D eigenvalue weighted by molar-refractivity contribution is 0.226. The lowest BCUT2D eigenvalue weighted by Crippen LogP contribution is -2.26. The van der Waals surface area contributed by atoms with Crippen LogP contribution in [-0.4, -0.2) is 32.4 Å². The largest absolute Gasteiger partial charge is 0.396 e. The minimum absolute atomic E-state index is 0.137. The first-order valence-corrected chi connectivity index (χ1v) is 5.81. The maximum absolute atomic E-state index is 9.08. The van der Waals surface area contributed by atoms with E-state index < -0.39 is 0 Å². The van der Waals surface area contributed by atoms with E-state index in [4.69, 9.17) is 5.11 Å². The summed E-state index contributed by atoms with van der Waals surface area (Å²) in [6.07, 6.45) is 0. The molecule has 0 saturated heterocycles. The van der Waals surface area contributed by atoms with Crippen LogP contribution in [0.3, 0.4) is 0 Å². The van der Waals surface area contributed by atoms with Crippen LogP contribution in [0.25, 0.3) is 5.65 Å². The molecule has 0 aliphatic rings. The molecule has 0 saturated carbocycles. The van der Waals surface area contributed by atoms with Gasteiger partial charge in [0.05, 0.1) is 0 Å². The van der Waals surface area contributed by atoms with Crippen LogP contribution in [0, 0.1) is 12.8 Å². The number of rotatable bonds is 4. The van der Waals surface area contributed by atoms with Crippen molar-refractivity contribution >= 4 is 11.6 Å². The van der Waals surface area contributed by atoms with Gasteiger partial charge in [-0.1, -0.05) is 13.0 Å². The van der Waals surface area contributed by atoms with Gasteiger partial charge in [-0.25, -0.2) is 4.52 Å². The van der Waals surface area contributed by atoms with Gasteiger partial charge in [0, 0.05) is 18.3 Å². The fourth-order valence-electron chi connectivity index (χ4n) is 1.60. The molecule has 2 N–H and O–H groups in total. The van der Waals surface area contributed by atoms with Gasteiger partial charge < -0.3 is 10.4 Å². The molecule has 0 aliphatic carbocycles. The Morgan fingerprint density at radius 1 is 1.41 bits per heavy atom. The summed E-state index contributed by atoms with van der Waals surface area (Å²) in [6.45, 7) is 6.14. The van der Waals surface area contributed by atoms with Crippen molar-refractivity contribution in [3.05, 3.63) is 23.9 Å². The van der Waals surface area contributed by atoms with Crippen molar-refractivity contribution in [2.75, 3.05) is 11.9 Å². The SMILES string of the molecule is Cc1cccc2nc(NC(C)C(C)CO)nn12. The predicted molar refractivity (Wildman–Crippen MR) is 67.1 cm³/mol. The number of aryl methyl sites for hydroxylation is 1. The summed E-state index contributed by atoms with van der Waals surface area (Å²) in [4.78, 5) is 4.39. The van der Waals surface area contributed by atoms with E-state index in [0.717, 1.165) is 11.3 Å². The lowest BCUT2D eigenvalue weighted by Gasteiger charge is -2.17. The van der Waals surface area contributed by atoms with Crippen LogP contribution in [0.4, 0.5) is 5.95 Å². The number of nitrogens with zero attached hydrogens (tertiary/aromatic N) is 3. The molecule has 2 atom stereocenters. The highest BCUT2D eigenvalue weighted by Crippen LogP contribution is 2.11. The van der Waals surface area contributed by atoms with Crippen LogP contribution in [0.5, 0.6) is 0 Å². The molecule has 0 fully saturated rings. The molecule has 92 valence electrons. The van der Waals surface area contributed by atoms with E-state index in [9.17, 15) is 0 Å². The minimum atomic E-state index is 0.137. The molecular weight excluding hydrogens is 216 g/mol. The Morgan fingerprint density at radius 3 is 2.82 bits per heavy atom. The zero-order valence-electron chi connectivity index (χ0n) is 10.4. The van der Waals surface area contributed by atoms with E-state index in [0.29, 0.717) is 5.95 Å². The van der Waals surface area contributed by atoms with E-state index in [1.165, 1.54) is 0 Å². The van der Waals surface area contributed by atoms with Gasteiger partial charge in [0.25, 0.3) is 0 Å². The van der Waals surface area contributed by atoms with Crippen molar-refractivity contribution < 1.29 is 5.11 Å². The summed E-state index contributed by atoms with van der Waals surface area (Å²) >= 11 is 0. The number of anilines is 1. The lowest BCUT2D eigenvalue weighted by atomic mass is 10.1. The molecule has 0 radical (unpaired) electrons. The quantitative estimate of drug-likeness (QED) is 0.841. The number of aliphatic hydroxyl groups excluding tert-OH is 1. The van der Waals surface area contributed by atoms with Gasteiger partial charge in [-0.3, -0.25) is 0 Å². The van der Waals surface area contributed by atoms with Crippen molar-refractivity contribution in [2.45, 2.75) is 26.8 Å². The molecular formula is C12H18N4O. The van der Waals surface area contributed by atoms with E-state index in [1.807, 2.05) is 39.0 Å². The smallest absolute Gasteiger partial charge is 0.243 e. The van der Waals surface area contributed by atoms with E-state index in [-0.39, 0.29) is 18.6 Å². The number of fused-ring (bicyclic) bond motifs is 1. The predicted octanol–water partition coefficient (Wildman–Crippen LogP) is 1.47. The van der Waals surface area contributed by atoms with Crippen molar-refractivity contribution in [1.29, 1.82) is 0 Å². The second-order valence-corrected chi connectivity index (χ2v) is 4.47. The summed E-state index contributed by atoms with van der Waals surface area (Å²) in [5.74, 6) is 0.773. The van der Waals surface area contributed by atoms with E-state index >= 15 is 0 Å². The van der Waals surface area contributed by atoms with Crippen LogP contribution >= 0.6 is 0 Å².